The van der Waals surface area contributed by atoms with Gasteiger partial charge in [0.25, 0.3) is 0 Å². The van der Waals surface area contributed by atoms with Gasteiger partial charge in [0.2, 0.25) is 0 Å². The first-order valence-corrected chi connectivity index (χ1v) is 21.0. The van der Waals surface area contributed by atoms with Gasteiger partial charge < -0.3 is 5.11 Å². The number of allylic oxidation sites excluding steroid dienone is 2. The minimum Gasteiger partial charge on any atom is 0 e. The Bertz CT molecular complexity index is 2040. The summed E-state index contributed by atoms with van der Waals surface area (Å²) in [5, 5.41) is 15.5. The molecule has 3 nitrogen and oxygen atoms in total. The zero-order valence-corrected chi connectivity index (χ0v) is 39.1. The molecule has 5 aromatic rings. The quantitative estimate of drug-likeness (QED) is 0.0693. The molecule has 0 unspecified atom stereocenters. The van der Waals surface area contributed by atoms with Gasteiger partial charge in [-0.15, -0.1) is 0 Å². The number of carbonyl (C=O) groups is 1. The Morgan fingerprint density at radius 3 is 1.91 bits per heavy atom. The van der Waals surface area contributed by atoms with Crippen molar-refractivity contribution >= 4 is 50.4 Å². The average Bonchev–Trinajstić information content (AvgIpc) is 3.40. The summed E-state index contributed by atoms with van der Waals surface area (Å²) in [6, 6.07) is 21.6. The third-order valence-electron chi connectivity index (χ3n) is 10.3. The second-order valence-corrected chi connectivity index (χ2v) is 20.6. The molecule has 0 aliphatic rings. The Kier molecular flexibility index (Phi) is 15.2. The van der Waals surface area contributed by atoms with E-state index in [1.54, 1.807) is 0 Å². The summed E-state index contributed by atoms with van der Waals surface area (Å²) in [6.07, 6.45) is 4.57. The van der Waals surface area contributed by atoms with E-state index >= 15 is 0 Å². The van der Waals surface area contributed by atoms with Gasteiger partial charge in [-0.1, -0.05) is 55.4 Å². The number of aliphatic hydroxyl groups is 1. The molecule has 1 N–H and O–H groups in total. The van der Waals surface area contributed by atoms with Gasteiger partial charge in [0.1, 0.15) is 0 Å². The zero-order valence-electron chi connectivity index (χ0n) is 35.0. The second kappa shape index (κ2) is 17.9. The fourth-order valence-corrected chi connectivity index (χ4v) is 10.9. The standard InChI is InChI=1S/C31H32NSe.C17H32O2.Ir/c1-19-21(18-30(2,3)4)12-13-24-25-14-15-32-27(29(25)33-28(19)24)22-16-20-10-8-9-11-23(20)26(17-22)31(5,6)7;1-10(2)16(11(3)4)14(18)9-15(19)17(12(5)6)13(7)8;/h8-15,17H,18H2,1-7H3;9-13,16-18H,1-8H3;/q-1;;/b;14-9-;. The summed E-state index contributed by atoms with van der Waals surface area (Å²) in [5.41, 5.74) is 6.88. The van der Waals surface area contributed by atoms with Crippen molar-refractivity contribution in [3.8, 4) is 11.3 Å². The molecule has 0 fully saturated rings. The van der Waals surface area contributed by atoms with Gasteiger partial charge >= 0.3 is 204 Å². The predicted octanol–water partition coefficient (Wildman–Crippen LogP) is 13.1. The third kappa shape index (κ3) is 10.6. The molecule has 5 rings (SSSR count). The maximum absolute atomic E-state index is 12.3. The van der Waals surface area contributed by atoms with E-state index in [1.807, 2.05) is 6.20 Å². The predicted molar refractivity (Wildman–Crippen MR) is 227 cm³/mol. The van der Waals surface area contributed by atoms with Crippen LogP contribution >= 0.6 is 0 Å². The van der Waals surface area contributed by atoms with Gasteiger partial charge in [-0.2, -0.15) is 0 Å². The van der Waals surface area contributed by atoms with Crippen LogP contribution in [0.3, 0.4) is 0 Å². The Morgan fingerprint density at radius 1 is 0.792 bits per heavy atom. The maximum Gasteiger partial charge on any atom is 0 e. The molecule has 0 amide bonds. The van der Waals surface area contributed by atoms with E-state index in [4.69, 9.17) is 4.98 Å². The van der Waals surface area contributed by atoms with Crippen LogP contribution in [0.25, 0.3) is 41.3 Å². The van der Waals surface area contributed by atoms with E-state index in [1.165, 1.54) is 52.8 Å². The van der Waals surface area contributed by atoms with Gasteiger partial charge in [-0.25, -0.2) is 0 Å². The number of nitrogens with zero attached hydrogens (tertiary/aromatic N) is 1. The molecule has 2 aromatic heterocycles. The molecule has 0 bridgehead atoms. The van der Waals surface area contributed by atoms with Crippen molar-refractivity contribution < 1.29 is 30.0 Å². The van der Waals surface area contributed by atoms with E-state index < -0.39 is 0 Å². The van der Waals surface area contributed by atoms with Crippen molar-refractivity contribution in [3.05, 3.63) is 89.3 Å². The Labute approximate surface area is 340 Å². The number of benzene rings is 3. The molecule has 53 heavy (non-hydrogen) atoms. The molecule has 0 aliphatic heterocycles. The summed E-state index contributed by atoms with van der Waals surface area (Å²) in [4.78, 5) is 17.3. The van der Waals surface area contributed by atoms with Crippen LogP contribution in [0.2, 0.25) is 0 Å². The largest absolute Gasteiger partial charge is 0 e. The van der Waals surface area contributed by atoms with Crippen LogP contribution < -0.4 is 0 Å². The van der Waals surface area contributed by atoms with Crippen molar-refractivity contribution in [2.75, 3.05) is 0 Å². The molecule has 0 aliphatic carbocycles. The number of carbonyl (C=O) groups excluding carboxylic acids is 1. The summed E-state index contributed by atoms with van der Waals surface area (Å²) in [6.45, 7) is 32.8. The number of aryl methyl sites for hydroxylation is 1. The molecule has 1 radical (unpaired) electrons. The number of rotatable bonds is 9. The third-order valence-corrected chi connectivity index (χ3v) is 13.1. The molecule has 2 heterocycles. The first kappa shape index (κ1) is 44.8. The van der Waals surface area contributed by atoms with Gasteiger partial charge in [0, 0.05) is 38.0 Å². The van der Waals surface area contributed by atoms with Crippen molar-refractivity contribution in [3.63, 3.8) is 0 Å². The minimum atomic E-state index is -0.0119. The molecular formula is C48H64IrNO2Se-. The van der Waals surface area contributed by atoms with E-state index in [0.717, 1.165) is 17.7 Å². The van der Waals surface area contributed by atoms with Crippen molar-refractivity contribution in [1.29, 1.82) is 0 Å². The smallest absolute Gasteiger partial charge is 0 e. The molecule has 0 atom stereocenters. The van der Waals surface area contributed by atoms with Crippen LogP contribution in [-0.2, 0) is 36.7 Å². The van der Waals surface area contributed by atoms with Crippen molar-refractivity contribution in [1.82, 2.24) is 4.98 Å². The number of hydrogen-bond donors (Lipinski definition) is 1. The normalized spacial score (nSPS) is 12.9. The van der Waals surface area contributed by atoms with Crippen LogP contribution in [-0.4, -0.2) is 30.4 Å². The topological polar surface area (TPSA) is 50.2 Å². The molecule has 0 spiro atoms. The van der Waals surface area contributed by atoms with Crippen LogP contribution in [0.5, 0.6) is 0 Å². The maximum atomic E-state index is 12.3. The number of fused-ring (bicyclic) bond motifs is 4. The number of aliphatic hydroxyl groups excluding tert-OH is 1. The number of ketones is 1. The van der Waals surface area contributed by atoms with E-state index in [9.17, 15) is 9.90 Å². The van der Waals surface area contributed by atoms with Crippen LogP contribution in [0.15, 0.2) is 66.6 Å². The fraction of sp³-hybridized carbons (Fsp3) is 0.500. The SMILES string of the molecule is CC(C)C(C(=O)/C=C(\O)C(C(C)C)C(C)C)C(C)C.Cc1c(CC(C)(C)C)ccc2c1[se]c1c(-c3[c-]c4ccccc4c(C(C)(C)C)c3)nccc12.[Ir]. The molecule has 0 saturated heterocycles. The van der Waals surface area contributed by atoms with Crippen LogP contribution in [0.4, 0.5) is 0 Å². The van der Waals surface area contributed by atoms with Crippen LogP contribution in [0, 0.1) is 53.9 Å². The molecular weight excluding hydrogens is 894 g/mol. The van der Waals surface area contributed by atoms with E-state index in [-0.39, 0.29) is 68.8 Å². The Morgan fingerprint density at radius 2 is 1.36 bits per heavy atom. The summed E-state index contributed by atoms with van der Waals surface area (Å²) in [5.74, 6) is 1.63. The van der Waals surface area contributed by atoms with E-state index in [0.29, 0.717) is 23.7 Å². The van der Waals surface area contributed by atoms with Crippen molar-refractivity contribution in [2.45, 2.75) is 116 Å². The van der Waals surface area contributed by atoms with Crippen molar-refractivity contribution in [2.24, 2.45) is 40.9 Å². The van der Waals surface area contributed by atoms with Gasteiger partial charge in [0.15, 0.2) is 5.78 Å². The molecule has 289 valence electrons. The summed E-state index contributed by atoms with van der Waals surface area (Å²) in [7, 11) is 0. The number of hydrogen-bond acceptors (Lipinski definition) is 3. The first-order valence-electron chi connectivity index (χ1n) is 19.3. The monoisotopic (exact) mass is 959 g/mol. The fourth-order valence-electron chi connectivity index (χ4n) is 8.09. The first-order chi connectivity index (χ1) is 24.1. The molecule has 5 heteroatoms. The summed E-state index contributed by atoms with van der Waals surface area (Å²) < 4.78 is 2.94. The zero-order chi connectivity index (χ0) is 38.9. The Hall–Kier alpha value is -2.55. The van der Waals surface area contributed by atoms with Gasteiger partial charge in [0.05, 0.1) is 5.76 Å². The number of aromatic nitrogens is 1. The minimum absolute atomic E-state index is 0. The van der Waals surface area contributed by atoms with Gasteiger partial charge in [-0.05, 0) is 23.7 Å². The van der Waals surface area contributed by atoms with Gasteiger partial charge in [-0.3, -0.25) is 4.79 Å². The van der Waals surface area contributed by atoms with E-state index in [2.05, 4.69) is 158 Å². The average molecular weight is 958 g/mol. The summed E-state index contributed by atoms with van der Waals surface area (Å²) >= 11 is 0.244. The van der Waals surface area contributed by atoms with Crippen LogP contribution in [0.1, 0.15) is 114 Å². The second-order valence-electron chi connectivity index (χ2n) is 18.5. The number of pyridine rings is 1. The Balaban J connectivity index is 0.000000327. The molecule has 0 saturated carbocycles. The molecule has 3 aromatic carbocycles.